The van der Waals surface area contributed by atoms with Gasteiger partial charge in [-0.1, -0.05) is 6.92 Å². The lowest BCUT2D eigenvalue weighted by atomic mass is 9.92. The molecule has 0 aromatic rings. The molecule has 66 valence electrons. The number of β-amino-alcohol motifs (C(OH)–C–C–N with tert-alkyl or cyclic N) is 1. The van der Waals surface area contributed by atoms with Crippen LogP contribution in [-0.2, 0) is 0 Å². The first kappa shape index (κ1) is 9.01. The van der Waals surface area contributed by atoms with Gasteiger partial charge in [0, 0.05) is 12.6 Å². The van der Waals surface area contributed by atoms with E-state index in [9.17, 15) is 0 Å². The van der Waals surface area contributed by atoms with Crippen molar-refractivity contribution in [3.8, 4) is 0 Å². The van der Waals surface area contributed by atoms with E-state index in [0.29, 0.717) is 12.6 Å². The largest absolute Gasteiger partial charge is 0.395 e. The highest BCUT2D eigenvalue weighted by molar-refractivity contribution is 4.77. The van der Waals surface area contributed by atoms with Crippen molar-refractivity contribution < 1.29 is 5.11 Å². The zero-order valence-corrected chi connectivity index (χ0v) is 7.58. The summed E-state index contributed by atoms with van der Waals surface area (Å²) < 4.78 is 0. The number of rotatable bonds is 2. The number of aliphatic hydroxyl groups is 1. The molecule has 0 aromatic carbocycles. The number of aliphatic hydroxyl groups excluding tert-OH is 1. The summed E-state index contributed by atoms with van der Waals surface area (Å²) >= 11 is 0. The van der Waals surface area contributed by atoms with Crippen LogP contribution in [0.1, 0.15) is 26.7 Å². The van der Waals surface area contributed by atoms with Crippen molar-refractivity contribution in [1.29, 1.82) is 0 Å². The molecule has 0 amide bonds. The van der Waals surface area contributed by atoms with Crippen molar-refractivity contribution >= 4 is 0 Å². The van der Waals surface area contributed by atoms with Crippen LogP contribution in [0.15, 0.2) is 0 Å². The van der Waals surface area contributed by atoms with E-state index < -0.39 is 0 Å². The average Bonchev–Trinajstić information content (AvgIpc) is 1.99. The van der Waals surface area contributed by atoms with Crippen molar-refractivity contribution in [1.82, 2.24) is 4.90 Å². The summed E-state index contributed by atoms with van der Waals surface area (Å²) in [5.74, 6) is 0.801. The SMILES string of the molecule is C[C@@H]1CCCN(CCO)[C@H]1C. The summed E-state index contributed by atoms with van der Waals surface area (Å²) in [4.78, 5) is 2.38. The van der Waals surface area contributed by atoms with E-state index in [-0.39, 0.29) is 0 Å². The quantitative estimate of drug-likeness (QED) is 0.649. The molecule has 1 heterocycles. The number of nitrogens with zero attached hydrogens (tertiary/aromatic N) is 1. The predicted molar refractivity (Wildman–Crippen MR) is 46.5 cm³/mol. The third-order valence-corrected chi connectivity index (χ3v) is 2.89. The van der Waals surface area contributed by atoms with E-state index in [1.807, 2.05) is 0 Å². The minimum atomic E-state index is 0.303. The lowest BCUT2D eigenvalue weighted by molar-refractivity contribution is 0.0911. The van der Waals surface area contributed by atoms with Crippen molar-refractivity contribution in [3.63, 3.8) is 0 Å². The third-order valence-electron chi connectivity index (χ3n) is 2.89. The highest BCUT2D eigenvalue weighted by Crippen LogP contribution is 2.21. The van der Waals surface area contributed by atoms with Gasteiger partial charge in [-0.3, -0.25) is 4.90 Å². The summed E-state index contributed by atoms with van der Waals surface area (Å²) in [6.45, 7) is 6.89. The van der Waals surface area contributed by atoms with Gasteiger partial charge < -0.3 is 5.11 Å². The molecule has 2 nitrogen and oxygen atoms in total. The molecule has 1 aliphatic heterocycles. The highest BCUT2D eigenvalue weighted by Gasteiger charge is 2.23. The first-order valence-electron chi connectivity index (χ1n) is 4.60. The molecule has 0 unspecified atom stereocenters. The normalized spacial score (nSPS) is 34.1. The van der Waals surface area contributed by atoms with Crippen LogP contribution < -0.4 is 0 Å². The molecule has 0 radical (unpaired) electrons. The summed E-state index contributed by atoms with van der Waals surface area (Å²) in [5.41, 5.74) is 0. The summed E-state index contributed by atoms with van der Waals surface area (Å²) in [6.07, 6.45) is 2.65. The van der Waals surface area contributed by atoms with Gasteiger partial charge in [0.25, 0.3) is 0 Å². The zero-order chi connectivity index (χ0) is 8.27. The summed E-state index contributed by atoms with van der Waals surface area (Å²) in [5, 5.41) is 8.78. The monoisotopic (exact) mass is 157 g/mol. The van der Waals surface area contributed by atoms with Crippen LogP contribution >= 0.6 is 0 Å². The molecular weight excluding hydrogens is 138 g/mol. The van der Waals surface area contributed by atoms with Gasteiger partial charge >= 0.3 is 0 Å². The van der Waals surface area contributed by atoms with Gasteiger partial charge in [-0.05, 0) is 32.2 Å². The van der Waals surface area contributed by atoms with E-state index in [1.54, 1.807) is 0 Å². The Morgan fingerprint density at radius 1 is 1.45 bits per heavy atom. The van der Waals surface area contributed by atoms with E-state index in [4.69, 9.17) is 5.11 Å². The van der Waals surface area contributed by atoms with Crippen molar-refractivity contribution in [2.75, 3.05) is 19.7 Å². The lowest BCUT2D eigenvalue weighted by Gasteiger charge is -2.37. The fourth-order valence-corrected chi connectivity index (χ4v) is 1.86. The number of hydrogen-bond acceptors (Lipinski definition) is 2. The fourth-order valence-electron chi connectivity index (χ4n) is 1.86. The highest BCUT2D eigenvalue weighted by atomic mass is 16.3. The Balaban J connectivity index is 2.38. The van der Waals surface area contributed by atoms with Crippen LogP contribution in [0.4, 0.5) is 0 Å². The summed E-state index contributed by atoms with van der Waals surface area (Å²) in [6, 6.07) is 0.663. The maximum atomic E-state index is 8.78. The minimum absolute atomic E-state index is 0.303. The maximum Gasteiger partial charge on any atom is 0.0558 e. The fraction of sp³-hybridized carbons (Fsp3) is 1.00. The number of piperidine rings is 1. The minimum Gasteiger partial charge on any atom is -0.395 e. The Kier molecular flexibility index (Phi) is 3.34. The first-order chi connectivity index (χ1) is 5.25. The van der Waals surface area contributed by atoms with E-state index in [2.05, 4.69) is 18.7 Å². The second-order valence-electron chi connectivity index (χ2n) is 3.62. The topological polar surface area (TPSA) is 23.5 Å². The molecule has 0 bridgehead atoms. The number of likely N-dealkylation sites (tertiary alicyclic amines) is 1. The van der Waals surface area contributed by atoms with E-state index in [0.717, 1.165) is 12.5 Å². The standard InChI is InChI=1S/C9H19NO/c1-8-4-3-5-10(6-7-11)9(8)2/h8-9,11H,3-7H2,1-2H3/t8-,9+/m1/s1. The molecule has 1 aliphatic rings. The van der Waals surface area contributed by atoms with Crippen molar-refractivity contribution in [2.24, 2.45) is 5.92 Å². The van der Waals surface area contributed by atoms with Crippen LogP contribution in [0.5, 0.6) is 0 Å². The Bertz CT molecular complexity index is 114. The second kappa shape index (κ2) is 4.07. The molecular formula is C9H19NO. The van der Waals surface area contributed by atoms with Crippen LogP contribution in [0, 0.1) is 5.92 Å². The molecule has 0 aromatic heterocycles. The Labute approximate surface area is 69.2 Å². The van der Waals surface area contributed by atoms with Gasteiger partial charge in [-0.2, -0.15) is 0 Å². The van der Waals surface area contributed by atoms with Crippen molar-refractivity contribution in [2.45, 2.75) is 32.7 Å². The van der Waals surface area contributed by atoms with Gasteiger partial charge in [-0.25, -0.2) is 0 Å². The molecule has 2 atom stereocenters. The number of hydrogen-bond donors (Lipinski definition) is 1. The predicted octanol–water partition coefficient (Wildman–Crippen LogP) is 1.10. The average molecular weight is 157 g/mol. The van der Waals surface area contributed by atoms with Crippen LogP contribution in [-0.4, -0.2) is 35.7 Å². The maximum absolute atomic E-state index is 8.78. The molecule has 0 spiro atoms. The molecule has 0 aliphatic carbocycles. The molecule has 1 N–H and O–H groups in total. The van der Waals surface area contributed by atoms with Gasteiger partial charge in [-0.15, -0.1) is 0 Å². The third kappa shape index (κ3) is 2.17. The Hall–Kier alpha value is -0.0800. The van der Waals surface area contributed by atoms with Crippen LogP contribution in [0.3, 0.4) is 0 Å². The lowest BCUT2D eigenvalue weighted by Crippen LogP contribution is -2.43. The second-order valence-corrected chi connectivity index (χ2v) is 3.62. The van der Waals surface area contributed by atoms with Crippen LogP contribution in [0.2, 0.25) is 0 Å². The van der Waals surface area contributed by atoms with Crippen molar-refractivity contribution in [3.05, 3.63) is 0 Å². The molecule has 1 rings (SSSR count). The molecule has 11 heavy (non-hydrogen) atoms. The van der Waals surface area contributed by atoms with E-state index in [1.165, 1.54) is 19.4 Å². The zero-order valence-electron chi connectivity index (χ0n) is 7.58. The van der Waals surface area contributed by atoms with E-state index >= 15 is 0 Å². The first-order valence-corrected chi connectivity index (χ1v) is 4.60. The van der Waals surface area contributed by atoms with Gasteiger partial charge in [0.2, 0.25) is 0 Å². The molecule has 1 saturated heterocycles. The Morgan fingerprint density at radius 2 is 2.18 bits per heavy atom. The Morgan fingerprint density at radius 3 is 2.82 bits per heavy atom. The molecule has 0 saturated carbocycles. The van der Waals surface area contributed by atoms with Gasteiger partial charge in [0.05, 0.1) is 6.61 Å². The van der Waals surface area contributed by atoms with Gasteiger partial charge in [0.15, 0.2) is 0 Å². The smallest absolute Gasteiger partial charge is 0.0558 e. The molecule has 2 heteroatoms. The van der Waals surface area contributed by atoms with Gasteiger partial charge in [0.1, 0.15) is 0 Å². The molecule has 1 fully saturated rings. The summed E-state index contributed by atoms with van der Waals surface area (Å²) in [7, 11) is 0. The van der Waals surface area contributed by atoms with Crippen LogP contribution in [0.25, 0.3) is 0 Å².